The number of nitrogens with zero attached hydrogens (tertiary/aromatic N) is 1. The molecule has 0 radical (unpaired) electrons. The van der Waals surface area contributed by atoms with Gasteiger partial charge < -0.3 is 0 Å². The number of fused-ring (bicyclic) bond motifs is 1. The molecule has 1 aromatic heterocycles. The van der Waals surface area contributed by atoms with Crippen LogP contribution in [-0.4, -0.2) is 27.7 Å². The van der Waals surface area contributed by atoms with Gasteiger partial charge in [0.2, 0.25) is 10.0 Å². The second kappa shape index (κ2) is 9.87. The number of thiazole rings is 1. The average Bonchev–Trinajstić information content (AvgIpc) is 3.12. The molecule has 0 saturated carbocycles. The second-order valence-corrected chi connectivity index (χ2v) is 13.3. The molecule has 3 aromatic carbocycles. The van der Waals surface area contributed by atoms with Crippen molar-refractivity contribution < 1.29 is 16.8 Å². The van der Waals surface area contributed by atoms with Crippen molar-refractivity contribution in [3.05, 3.63) is 92.5 Å². The van der Waals surface area contributed by atoms with Crippen LogP contribution in [0.5, 0.6) is 0 Å². The zero-order valence-electron chi connectivity index (χ0n) is 18.9. The van der Waals surface area contributed by atoms with Crippen molar-refractivity contribution in [3.63, 3.8) is 0 Å². The highest BCUT2D eigenvalue weighted by Crippen LogP contribution is 2.26. The predicted molar refractivity (Wildman–Crippen MR) is 140 cm³/mol. The minimum atomic E-state index is -3.90. The number of halogens is 1. The summed E-state index contributed by atoms with van der Waals surface area (Å²) in [6.07, 6.45) is 1.58. The molecule has 4 rings (SSSR count). The van der Waals surface area contributed by atoms with Gasteiger partial charge in [-0.2, -0.15) is 0 Å². The monoisotopic (exact) mass is 550 g/mol. The summed E-state index contributed by atoms with van der Waals surface area (Å²) in [5.74, 6) is 0. The maximum atomic E-state index is 13.2. The molecular weight excluding hydrogens is 528 g/mol. The quantitative estimate of drug-likeness (QED) is 0.345. The molecule has 4 aromatic rings. The average molecular weight is 551 g/mol. The van der Waals surface area contributed by atoms with E-state index in [4.69, 9.17) is 11.6 Å². The van der Waals surface area contributed by atoms with Gasteiger partial charge in [-0.1, -0.05) is 54.1 Å². The minimum absolute atomic E-state index is 0.0519. The van der Waals surface area contributed by atoms with Gasteiger partial charge in [0.1, 0.15) is 0 Å². The lowest BCUT2D eigenvalue weighted by molar-refractivity contribution is 0.550. The van der Waals surface area contributed by atoms with E-state index >= 15 is 0 Å². The summed E-state index contributed by atoms with van der Waals surface area (Å²) in [5, 5.41) is 0.607. The van der Waals surface area contributed by atoms with Crippen molar-refractivity contribution in [3.8, 4) is 0 Å². The van der Waals surface area contributed by atoms with E-state index in [1.165, 1.54) is 24.3 Å². The number of sulfonamides is 1. The van der Waals surface area contributed by atoms with E-state index < -0.39 is 25.9 Å². The fourth-order valence-corrected chi connectivity index (χ4v) is 6.82. The first-order valence-corrected chi connectivity index (χ1v) is 15.2. The fraction of sp³-hybridized carbons (Fsp3) is 0.208. The van der Waals surface area contributed by atoms with Crippen LogP contribution in [0.3, 0.4) is 0 Å². The molecule has 1 N–H and O–H groups in total. The number of sulfone groups is 1. The SMILES string of the molecule is CCC(NS(=O)(=O)c1ccc2c(c1)sc(=O)n2Cc1ccc(Cl)cc1)c1ccc(S(C)(=O)=O)cc1. The topological polar surface area (TPSA) is 102 Å². The Morgan fingerprint density at radius 3 is 2.17 bits per heavy atom. The summed E-state index contributed by atoms with van der Waals surface area (Å²) < 4.78 is 54.6. The number of aromatic nitrogens is 1. The number of hydrogen-bond donors (Lipinski definition) is 1. The van der Waals surface area contributed by atoms with Gasteiger partial charge in [-0.15, -0.1) is 0 Å². The highest BCUT2D eigenvalue weighted by molar-refractivity contribution is 7.90. The van der Waals surface area contributed by atoms with Gasteiger partial charge in [-0.05, 0) is 60.0 Å². The molecule has 0 saturated heterocycles. The molecule has 11 heteroatoms. The first-order chi connectivity index (χ1) is 16.5. The maximum Gasteiger partial charge on any atom is 0.308 e. The van der Waals surface area contributed by atoms with Gasteiger partial charge in [0.15, 0.2) is 9.84 Å². The minimum Gasteiger partial charge on any atom is -0.294 e. The first-order valence-electron chi connectivity index (χ1n) is 10.7. The third-order valence-electron chi connectivity index (χ3n) is 5.62. The van der Waals surface area contributed by atoms with Crippen molar-refractivity contribution in [1.82, 2.24) is 9.29 Å². The molecule has 1 atom stereocenters. The van der Waals surface area contributed by atoms with Crippen molar-refractivity contribution in [2.24, 2.45) is 0 Å². The van der Waals surface area contributed by atoms with E-state index in [9.17, 15) is 21.6 Å². The molecule has 0 aliphatic rings. The number of rotatable bonds is 8. The van der Waals surface area contributed by atoms with Crippen molar-refractivity contribution in [2.75, 3.05) is 6.26 Å². The smallest absolute Gasteiger partial charge is 0.294 e. The van der Waals surface area contributed by atoms with Crippen LogP contribution in [0, 0.1) is 0 Å². The largest absolute Gasteiger partial charge is 0.308 e. The van der Waals surface area contributed by atoms with Gasteiger partial charge in [0.05, 0.1) is 26.6 Å². The Kier molecular flexibility index (Phi) is 7.21. The second-order valence-electron chi connectivity index (χ2n) is 8.13. The predicted octanol–water partition coefficient (Wildman–Crippen LogP) is 4.60. The van der Waals surface area contributed by atoms with Gasteiger partial charge >= 0.3 is 4.87 Å². The standard InChI is InChI=1S/C24H23ClN2O5S3/c1-3-21(17-6-10-19(11-7-17)34(2,29)30)26-35(31,32)20-12-13-22-23(14-20)33-24(28)27(22)15-16-4-8-18(25)9-5-16/h4-14,21,26H,3,15H2,1-2H3. The normalized spacial score (nSPS) is 13.2. The lowest BCUT2D eigenvalue weighted by atomic mass is 10.1. The summed E-state index contributed by atoms with van der Waals surface area (Å²) in [6, 6.07) is 17.4. The van der Waals surface area contributed by atoms with Crippen LogP contribution < -0.4 is 9.60 Å². The fourth-order valence-electron chi connectivity index (χ4n) is 3.73. The van der Waals surface area contributed by atoms with Gasteiger partial charge in [0, 0.05) is 17.3 Å². The zero-order valence-corrected chi connectivity index (χ0v) is 22.1. The molecular formula is C24H23ClN2O5S3. The van der Waals surface area contributed by atoms with E-state index in [2.05, 4.69) is 4.72 Å². The summed E-state index contributed by atoms with van der Waals surface area (Å²) in [4.78, 5) is 12.7. The highest BCUT2D eigenvalue weighted by Gasteiger charge is 2.22. The van der Waals surface area contributed by atoms with Gasteiger partial charge in [0.25, 0.3) is 0 Å². The van der Waals surface area contributed by atoms with Crippen LogP contribution in [-0.2, 0) is 26.4 Å². The molecule has 184 valence electrons. The van der Waals surface area contributed by atoms with Crippen LogP contribution in [0.2, 0.25) is 5.02 Å². The van der Waals surface area contributed by atoms with Gasteiger partial charge in [-0.3, -0.25) is 9.36 Å². The number of benzene rings is 3. The number of nitrogens with one attached hydrogen (secondary N) is 1. The molecule has 1 heterocycles. The van der Waals surface area contributed by atoms with Crippen molar-refractivity contribution >= 4 is 53.0 Å². The van der Waals surface area contributed by atoms with E-state index in [1.807, 2.05) is 19.1 Å². The molecule has 0 bridgehead atoms. The van der Waals surface area contributed by atoms with E-state index in [0.29, 0.717) is 33.8 Å². The molecule has 0 aliphatic heterocycles. The molecule has 0 fully saturated rings. The lowest BCUT2D eigenvalue weighted by Crippen LogP contribution is -2.28. The first kappa shape index (κ1) is 25.6. The zero-order chi connectivity index (χ0) is 25.4. The Labute approximate surface area is 213 Å². The van der Waals surface area contributed by atoms with Crippen molar-refractivity contribution in [1.29, 1.82) is 0 Å². The molecule has 0 aliphatic carbocycles. The molecule has 1 unspecified atom stereocenters. The summed E-state index contributed by atoms with van der Waals surface area (Å²) in [5.41, 5.74) is 2.21. The third-order valence-corrected chi connectivity index (χ3v) is 9.41. The van der Waals surface area contributed by atoms with Crippen molar-refractivity contribution in [2.45, 2.75) is 35.7 Å². The lowest BCUT2D eigenvalue weighted by Gasteiger charge is -2.18. The van der Waals surface area contributed by atoms with E-state index in [-0.39, 0.29) is 14.7 Å². The molecule has 0 spiro atoms. The summed E-state index contributed by atoms with van der Waals surface area (Å²) in [6.45, 7) is 2.19. The summed E-state index contributed by atoms with van der Waals surface area (Å²) >= 11 is 6.93. The highest BCUT2D eigenvalue weighted by atomic mass is 35.5. The Bertz CT molecular complexity index is 1640. The number of hydrogen-bond acceptors (Lipinski definition) is 6. The van der Waals surface area contributed by atoms with Crippen LogP contribution >= 0.6 is 22.9 Å². The van der Waals surface area contributed by atoms with E-state index in [1.54, 1.807) is 34.9 Å². The van der Waals surface area contributed by atoms with Crippen LogP contribution in [0.1, 0.15) is 30.5 Å². The Hall–Kier alpha value is -2.50. The van der Waals surface area contributed by atoms with Gasteiger partial charge in [-0.25, -0.2) is 21.6 Å². The molecule has 35 heavy (non-hydrogen) atoms. The third kappa shape index (κ3) is 5.68. The van der Waals surface area contributed by atoms with Crippen LogP contribution in [0.15, 0.2) is 81.3 Å². The van der Waals surface area contributed by atoms with Crippen LogP contribution in [0.25, 0.3) is 10.2 Å². The van der Waals surface area contributed by atoms with Crippen LogP contribution in [0.4, 0.5) is 0 Å². The molecule has 0 amide bonds. The molecule has 7 nitrogen and oxygen atoms in total. The Balaban J connectivity index is 1.61. The van der Waals surface area contributed by atoms with E-state index in [0.717, 1.165) is 23.2 Å². The maximum absolute atomic E-state index is 13.2. The summed E-state index contributed by atoms with van der Waals surface area (Å²) in [7, 11) is -7.25. The Morgan fingerprint density at radius 2 is 1.57 bits per heavy atom. The Morgan fingerprint density at radius 1 is 0.943 bits per heavy atom.